The van der Waals surface area contributed by atoms with E-state index in [0.29, 0.717) is 24.4 Å². The van der Waals surface area contributed by atoms with E-state index in [4.69, 9.17) is 21.4 Å². The summed E-state index contributed by atoms with van der Waals surface area (Å²) in [4.78, 5) is 13.0. The molecule has 3 aromatic rings. The number of benzene rings is 3. The molecule has 0 spiro atoms. The number of carboxylic acid groups (broad SMARTS) is 1. The van der Waals surface area contributed by atoms with Gasteiger partial charge in [-0.1, -0.05) is 41.9 Å². The molecule has 0 aliphatic carbocycles. The number of nitrogens with zero attached hydrogens (tertiary/aromatic N) is 1. The molecule has 0 aromatic heterocycles. The topological polar surface area (TPSA) is 61.8 Å². The molecule has 2 N–H and O–H groups in total. The molecular weight excluding hydrogens is 455 g/mol. The number of hydrogen-bond donors (Lipinski definition) is 2. The molecular formula is C27H28ClFN2O3. The Bertz CT molecular complexity index is 1140. The molecule has 0 atom stereocenters. The molecule has 1 aliphatic rings. The lowest BCUT2D eigenvalue weighted by atomic mass is 9.96. The van der Waals surface area contributed by atoms with Gasteiger partial charge < -0.3 is 20.1 Å². The third kappa shape index (κ3) is 6.00. The van der Waals surface area contributed by atoms with E-state index in [1.807, 2.05) is 42.5 Å². The molecule has 0 saturated carbocycles. The van der Waals surface area contributed by atoms with Crippen LogP contribution in [-0.2, 0) is 24.2 Å². The molecule has 7 heteroatoms. The first-order valence-corrected chi connectivity index (χ1v) is 11.9. The van der Waals surface area contributed by atoms with Crippen molar-refractivity contribution in [3.8, 4) is 5.75 Å². The second-order valence-electron chi connectivity index (χ2n) is 8.34. The number of carbonyl (C=O) groups is 1. The van der Waals surface area contributed by atoms with Crippen LogP contribution in [0.1, 0.15) is 29.5 Å². The maximum Gasteiger partial charge on any atom is 0.303 e. The van der Waals surface area contributed by atoms with E-state index in [2.05, 4.69) is 10.2 Å². The quantitative estimate of drug-likeness (QED) is 0.374. The second-order valence-corrected chi connectivity index (χ2v) is 8.75. The van der Waals surface area contributed by atoms with Crippen molar-refractivity contribution < 1.29 is 19.0 Å². The number of aryl methyl sites for hydroxylation is 1. The van der Waals surface area contributed by atoms with Crippen molar-refractivity contribution in [3.05, 3.63) is 88.2 Å². The Morgan fingerprint density at radius 1 is 1.12 bits per heavy atom. The molecule has 5 nitrogen and oxygen atoms in total. The lowest BCUT2D eigenvalue weighted by Crippen LogP contribution is -2.34. The monoisotopic (exact) mass is 482 g/mol. The summed E-state index contributed by atoms with van der Waals surface area (Å²) in [6.45, 7) is 2.77. The molecule has 178 valence electrons. The Kier molecular flexibility index (Phi) is 7.91. The fourth-order valence-electron chi connectivity index (χ4n) is 4.31. The maximum absolute atomic E-state index is 14.4. The van der Waals surface area contributed by atoms with Crippen molar-refractivity contribution in [2.45, 2.75) is 32.2 Å². The van der Waals surface area contributed by atoms with Gasteiger partial charge in [-0.25, -0.2) is 4.39 Å². The Labute approximate surface area is 204 Å². The highest BCUT2D eigenvalue weighted by Gasteiger charge is 2.22. The normalized spacial score (nSPS) is 12.8. The molecule has 4 rings (SSSR count). The van der Waals surface area contributed by atoms with Gasteiger partial charge in [-0.3, -0.25) is 4.79 Å². The summed E-state index contributed by atoms with van der Waals surface area (Å²) in [5.74, 6) is -0.478. The molecule has 0 radical (unpaired) electrons. The predicted molar refractivity (Wildman–Crippen MR) is 134 cm³/mol. The fourth-order valence-corrected chi connectivity index (χ4v) is 4.60. The number of anilines is 2. The lowest BCUT2D eigenvalue weighted by molar-refractivity contribution is -0.136. The predicted octanol–water partition coefficient (Wildman–Crippen LogP) is 5.94. The Balaban J connectivity index is 1.42. The van der Waals surface area contributed by atoms with Crippen molar-refractivity contribution in [3.63, 3.8) is 0 Å². The van der Waals surface area contributed by atoms with Gasteiger partial charge in [0.1, 0.15) is 18.2 Å². The first-order chi connectivity index (χ1) is 16.5. The van der Waals surface area contributed by atoms with Crippen molar-refractivity contribution >= 4 is 28.9 Å². The van der Waals surface area contributed by atoms with Gasteiger partial charge in [0.2, 0.25) is 0 Å². The smallest absolute Gasteiger partial charge is 0.303 e. The summed E-state index contributed by atoms with van der Waals surface area (Å²) in [7, 11) is 0. The lowest BCUT2D eigenvalue weighted by Gasteiger charge is -2.33. The van der Waals surface area contributed by atoms with Crippen LogP contribution in [0.5, 0.6) is 5.75 Å². The molecule has 1 aliphatic heterocycles. The number of halogens is 2. The first-order valence-electron chi connectivity index (χ1n) is 11.5. The minimum atomic E-state index is -0.935. The molecule has 34 heavy (non-hydrogen) atoms. The van der Waals surface area contributed by atoms with Crippen LogP contribution in [0.3, 0.4) is 0 Å². The van der Waals surface area contributed by atoms with Gasteiger partial charge in [-0.15, -0.1) is 0 Å². The van der Waals surface area contributed by atoms with E-state index in [9.17, 15) is 9.18 Å². The van der Waals surface area contributed by atoms with Crippen LogP contribution in [0.2, 0.25) is 5.02 Å². The molecule has 0 unspecified atom stereocenters. The third-order valence-corrected chi connectivity index (χ3v) is 6.32. The van der Waals surface area contributed by atoms with E-state index in [0.717, 1.165) is 48.0 Å². The minimum absolute atomic E-state index is 0.0898. The average molecular weight is 483 g/mol. The van der Waals surface area contributed by atoms with Gasteiger partial charge in [0.15, 0.2) is 0 Å². The van der Waals surface area contributed by atoms with Gasteiger partial charge >= 0.3 is 5.97 Å². The van der Waals surface area contributed by atoms with Gasteiger partial charge in [-0.2, -0.15) is 0 Å². The average Bonchev–Trinajstić information content (AvgIpc) is 2.84. The zero-order chi connectivity index (χ0) is 23.9. The van der Waals surface area contributed by atoms with Crippen molar-refractivity contribution in [2.75, 3.05) is 29.9 Å². The largest absolute Gasteiger partial charge is 0.492 e. The van der Waals surface area contributed by atoms with Crippen LogP contribution in [0, 0.1) is 5.82 Å². The van der Waals surface area contributed by atoms with Crippen LogP contribution >= 0.6 is 11.6 Å². The van der Waals surface area contributed by atoms with Crippen LogP contribution in [0.25, 0.3) is 0 Å². The number of nitrogens with one attached hydrogen (secondary N) is 1. The summed E-state index contributed by atoms with van der Waals surface area (Å²) in [6, 6.07) is 18.6. The maximum atomic E-state index is 14.4. The minimum Gasteiger partial charge on any atom is -0.492 e. The number of carboxylic acids is 1. The van der Waals surface area contributed by atoms with Gasteiger partial charge in [-0.05, 0) is 66.3 Å². The number of ether oxygens (including phenoxy) is 1. The number of hydrogen-bond acceptors (Lipinski definition) is 4. The number of para-hydroxylation sites is 1. The van der Waals surface area contributed by atoms with Crippen molar-refractivity contribution in [2.24, 2.45) is 0 Å². The molecule has 0 bridgehead atoms. The van der Waals surface area contributed by atoms with E-state index in [-0.39, 0.29) is 12.8 Å². The summed E-state index contributed by atoms with van der Waals surface area (Å²) in [5.41, 5.74) is 4.46. The molecule has 1 heterocycles. The number of aliphatic carboxylic acids is 1. The fraction of sp³-hybridized carbons (Fsp3) is 0.296. The van der Waals surface area contributed by atoms with Crippen LogP contribution in [0.4, 0.5) is 15.8 Å². The third-order valence-electron chi connectivity index (χ3n) is 6.02. The molecule has 0 saturated heterocycles. The standard InChI is InChI=1S/C27H28ClFN2O3/c28-24-12-9-20(18-30-21-11-8-19(25(29)17-21)10-13-26(32)33)23-7-4-14-31(27(23)24)15-16-34-22-5-2-1-3-6-22/h1-3,5-6,8-9,11-12,17,30H,4,7,10,13-16,18H2,(H,32,33). The Morgan fingerprint density at radius 2 is 1.91 bits per heavy atom. The summed E-state index contributed by atoms with van der Waals surface area (Å²) in [5, 5.41) is 12.8. The Hall–Kier alpha value is -3.25. The second kappa shape index (κ2) is 11.3. The van der Waals surface area contributed by atoms with Crippen molar-refractivity contribution in [1.29, 1.82) is 0 Å². The van der Waals surface area contributed by atoms with E-state index in [1.54, 1.807) is 12.1 Å². The molecule has 3 aromatic carbocycles. The summed E-state index contributed by atoms with van der Waals surface area (Å²) < 4.78 is 20.3. The van der Waals surface area contributed by atoms with Crippen LogP contribution < -0.4 is 15.0 Å². The highest BCUT2D eigenvalue weighted by atomic mass is 35.5. The zero-order valence-corrected chi connectivity index (χ0v) is 19.7. The molecule has 0 fully saturated rings. The van der Waals surface area contributed by atoms with E-state index in [1.165, 1.54) is 11.6 Å². The van der Waals surface area contributed by atoms with E-state index >= 15 is 0 Å². The van der Waals surface area contributed by atoms with Crippen LogP contribution in [0.15, 0.2) is 60.7 Å². The van der Waals surface area contributed by atoms with Gasteiger partial charge in [0, 0.05) is 25.2 Å². The number of fused-ring (bicyclic) bond motifs is 1. The summed E-state index contributed by atoms with van der Waals surface area (Å²) in [6.07, 6.45) is 2.05. The molecule has 0 amide bonds. The van der Waals surface area contributed by atoms with Gasteiger partial charge in [0.25, 0.3) is 0 Å². The SMILES string of the molecule is O=C(O)CCc1ccc(NCc2ccc(Cl)c3c2CCCN3CCOc2ccccc2)cc1F. The van der Waals surface area contributed by atoms with Crippen molar-refractivity contribution in [1.82, 2.24) is 0 Å². The van der Waals surface area contributed by atoms with Gasteiger partial charge in [0.05, 0.1) is 17.3 Å². The summed E-state index contributed by atoms with van der Waals surface area (Å²) >= 11 is 6.62. The Morgan fingerprint density at radius 3 is 2.68 bits per heavy atom. The highest BCUT2D eigenvalue weighted by molar-refractivity contribution is 6.33. The highest BCUT2D eigenvalue weighted by Crippen LogP contribution is 2.37. The van der Waals surface area contributed by atoms with Crippen LogP contribution in [-0.4, -0.2) is 30.8 Å². The zero-order valence-electron chi connectivity index (χ0n) is 18.9. The first kappa shape index (κ1) is 23.9. The van der Waals surface area contributed by atoms with E-state index < -0.39 is 11.8 Å². The number of rotatable bonds is 10.